The topological polar surface area (TPSA) is 66.9 Å². The van der Waals surface area contributed by atoms with E-state index in [1.165, 1.54) is 6.92 Å². The Morgan fingerprint density at radius 3 is 2.77 bits per heavy atom. The van der Waals surface area contributed by atoms with Crippen molar-refractivity contribution in [2.45, 2.75) is 13.3 Å². The fourth-order valence-corrected chi connectivity index (χ4v) is 1.09. The summed E-state index contributed by atoms with van der Waals surface area (Å²) < 4.78 is 0. The van der Waals surface area contributed by atoms with E-state index in [2.05, 4.69) is 0 Å². The van der Waals surface area contributed by atoms with Gasteiger partial charge in [-0.15, -0.1) is 0 Å². The van der Waals surface area contributed by atoms with E-state index in [-0.39, 0.29) is 5.78 Å². The van der Waals surface area contributed by atoms with Crippen LogP contribution >= 0.6 is 0 Å². The fourth-order valence-electron chi connectivity index (χ4n) is 1.09. The van der Waals surface area contributed by atoms with Crippen LogP contribution < -0.4 is 5.73 Å². The highest BCUT2D eigenvalue weighted by atomic mass is 16.1. The van der Waals surface area contributed by atoms with Crippen LogP contribution in [0.3, 0.4) is 0 Å². The number of nitriles is 1. The van der Waals surface area contributed by atoms with E-state index in [1.807, 2.05) is 6.07 Å². The normalized spacial score (nSPS) is 9.23. The summed E-state index contributed by atoms with van der Waals surface area (Å²) in [6.07, 6.45) is 0.331. The molecule has 0 saturated carbocycles. The smallest absolute Gasteiger partial charge is 0.134 e. The molecule has 0 atom stereocenters. The minimum Gasteiger partial charge on any atom is -0.398 e. The van der Waals surface area contributed by atoms with E-state index in [4.69, 9.17) is 11.0 Å². The Kier molecular flexibility index (Phi) is 2.65. The van der Waals surface area contributed by atoms with E-state index in [0.29, 0.717) is 17.7 Å². The zero-order valence-electron chi connectivity index (χ0n) is 7.37. The van der Waals surface area contributed by atoms with Crippen molar-refractivity contribution < 1.29 is 4.79 Å². The van der Waals surface area contributed by atoms with Crippen LogP contribution in [-0.4, -0.2) is 5.78 Å². The summed E-state index contributed by atoms with van der Waals surface area (Å²) in [5.74, 6) is 0.0661. The van der Waals surface area contributed by atoms with Gasteiger partial charge < -0.3 is 5.73 Å². The predicted molar refractivity (Wildman–Crippen MR) is 50.0 cm³/mol. The monoisotopic (exact) mass is 174 g/mol. The fraction of sp³-hybridized carbons (Fsp3) is 0.200. The molecule has 0 aliphatic rings. The highest BCUT2D eigenvalue weighted by Gasteiger charge is 2.02. The lowest BCUT2D eigenvalue weighted by Gasteiger charge is -2.02. The molecule has 1 rings (SSSR count). The van der Waals surface area contributed by atoms with Crippen molar-refractivity contribution >= 4 is 11.5 Å². The van der Waals surface area contributed by atoms with Gasteiger partial charge in [0.2, 0.25) is 0 Å². The number of nitrogen functional groups attached to an aromatic ring is 1. The average molecular weight is 174 g/mol. The number of carbonyl (C=O) groups is 1. The molecule has 0 amide bonds. The molecule has 3 heteroatoms. The number of carbonyl (C=O) groups excluding carboxylic acids is 1. The Hall–Kier alpha value is -1.82. The molecule has 2 N–H and O–H groups in total. The molecule has 3 nitrogen and oxygen atoms in total. The second-order valence-electron chi connectivity index (χ2n) is 2.90. The lowest BCUT2D eigenvalue weighted by Crippen LogP contribution is -2.01. The van der Waals surface area contributed by atoms with Crippen LogP contribution in [0, 0.1) is 11.3 Å². The van der Waals surface area contributed by atoms with Crippen molar-refractivity contribution in [3.63, 3.8) is 0 Å². The Bertz CT molecular complexity index is 377. The number of rotatable bonds is 2. The van der Waals surface area contributed by atoms with Crippen molar-refractivity contribution in [3.8, 4) is 6.07 Å². The summed E-state index contributed by atoms with van der Waals surface area (Å²) in [5.41, 5.74) is 7.45. The van der Waals surface area contributed by atoms with E-state index < -0.39 is 0 Å². The van der Waals surface area contributed by atoms with Crippen molar-refractivity contribution in [1.82, 2.24) is 0 Å². The zero-order chi connectivity index (χ0) is 9.84. The van der Waals surface area contributed by atoms with Crippen LogP contribution in [0.15, 0.2) is 18.2 Å². The summed E-state index contributed by atoms with van der Waals surface area (Å²) in [7, 11) is 0. The minimum atomic E-state index is 0.0661. The molecule has 0 aliphatic heterocycles. The summed E-state index contributed by atoms with van der Waals surface area (Å²) in [6, 6.07) is 6.94. The maximum absolute atomic E-state index is 10.8. The summed E-state index contributed by atoms with van der Waals surface area (Å²) >= 11 is 0. The third-order valence-corrected chi connectivity index (χ3v) is 1.71. The van der Waals surface area contributed by atoms with Crippen LogP contribution in [-0.2, 0) is 11.2 Å². The van der Waals surface area contributed by atoms with Gasteiger partial charge in [-0.1, -0.05) is 6.07 Å². The van der Waals surface area contributed by atoms with Crippen molar-refractivity contribution in [2.75, 3.05) is 5.73 Å². The predicted octanol–water partition coefficient (Wildman–Crippen LogP) is 1.27. The van der Waals surface area contributed by atoms with Crippen LogP contribution in [0.2, 0.25) is 0 Å². The number of nitrogens with zero attached hydrogens (tertiary/aromatic N) is 1. The first-order valence-electron chi connectivity index (χ1n) is 3.91. The first-order chi connectivity index (χ1) is 6.13. The van der Waals surface area contributed by atoms with Gasteiger partial charge in [-0.2, -0.15) is 5.26 Å². The molecule has 1 aromatic carbocycles. The number of benzene rings is 1. The molecular formula is C10H10N2O. The molecule has 0 fully saturated rings. The molecule has 0 unspecified atom stereocenters. The number of ketones is 1. The van der Waals surface area contributed by atoms with Gasteiger partial charge in [0, 0.05) is 12.1 Å². The van der Waals surface area contributed by atoms with Gasteiger partial charge in [-0.05, 0) is 24.6 Å². The molecule has 0 saturated heterocycles. The van der Waals surface area contributed by atoms with Crippen LogP contribution in [0.4, 0.5) is 5.69 Å². The summed E-state index contributed by atoms with van der Waals surface area (Å²) in [6.45, 7) is 1.51. The first-order valence-corrected chi connectivity index (χ1v) is 3.91. The largest absolute Gasteiger partial charge is 0.398 e. The standard InChI is InChI=1S/C10H10N2O/c1-7(13)4-9-3-2-8(6-11)5-10(9)12/h2-3,5H,4,12H2,1H3. The molecule has 0 spiro atoms. The van der Waals surface area contributed by atoms with Gasteiger partial charge in [-0.25, -0.2) is 0 Å². The highest BCUT2D eigenvalue weighted by molar-refractivity contribution is 5.80. The number of hydrogen-bond acceptors (Lipinski definition) is 3. The molecule has 0 aliphatic carbocycles. The van der Waals surface area contributed by atoms with Gasteiger partial charge in [0.1, 0.15) is 5.78 Å². The lowest BCUT2D eigenvalue weighted by molar-refractivity contribution is -0.116. The quantitative estimate of drug-likeness (QED) is 0.686. The maximum atomic E-state index is 10.8. The highest BCUT2D eigenvalue weighted by Crippen LogP contribution is 2.14. The molecule has 0 aromatic heterocycles. The number of anilines is 1. The molecular weight excluding hydrogens is 164 g/mol. The maximum Gasteiger partial charge on any atom is 0.134 e. The van der Waals surface area contributed by atoms with E-state index >= 15 is 0 Å². The second kappa shape index (κ2) is 3.72. The Labute approximate surface area is 76.8 Å². The Balaban J connectivity index is 3.00. The summed E-state index contributed by atoms with van der Waals surface area (Å²) in [4.78, 5) is 10.8. The van der Waals surface area contributed by atoms with Gasteiger partial charge >= 0.3 is 0 Å². The van der Waals surface area contributed by atoms with E-state index in [1.54, 1.807) is 18.2 Å². The summed E-state index contributed by atoms with van der Waals surface area (Å²) in [5, 5.41) is 8.56. The molecule has 66 valence electrons. The third kappa shape index (κ3) is 2.31. The molecule has 1 aromatic rings. The number of Topliss-reactive ketones (excluding diaryl/α,β-unsaturated/α-hetero) is 1. The number of hydrogen-bond donors (Lipinski definition) is 1. The van der Waals surface area contributed by atoms with E-state index in [9.17, 15) is 4.79 Å². The molecule has 0 radical (unpaired) electrons. The number of nitrogens with two attached hydrogens (primary N) is 1. The zero-order valence-corrected chi connectivity index (χ0v) is 7.37. The minimum absolute atomic E-state index is 0.0661. The molecule has 0 bridgehead atoms. The van der Waals surface area contributed by atoms with Crippen molar-refractivity contribution in [2.24, 2.45) is 0 Å². The molecule has 13 heavy (non-hydrogen) atoms. The van der Waals surface area contributed by atoms with Gasteiger partial charge in [-0.3, -0.25) is 4.79 Å². The Morgan fingerprint density at radius 2 is 2.31 bits per heavy atom. The molecule has 0 heterocycles. The Morgan fingerprint density at radius 1 is 1.62 bits per heavy atom. The SMILES string of the molecule is CC(=O)Cc1ccc(C#N)cc1N. The van der Waals surface area contributed by atoms with E-state index in [0.717, 1.165) is 5.56 Å². The van der Waals surface area contributed by atoms with Crippen LogP contribution in [0.5, 0.6) is 0 Å². The van der Waals surface area contributed by atoms with Gasteiger partial charge in [0.15, 0.2) is 0 Å². The van der Waals surface area contributed by atoms with Crippen LogP contribution in [0.25, 0.3) is 0 Å². The van der Waals surface area contributed by atoms with Crippen LogP contribution in [0.1, 0.15) is 18.1 Å². The second-order valence-corrected chi connectivity index (χ2v) is 2.90. The van der Waals surface area contributed by atoms with Gasteiger partial charge in [0.25, 0.3) is 0 Å². The average Bonchev–Trinajstić information content (AvgIpc) is 2.08. The first kappa shape index (κ1) is 9.27. The third-order valence-electron chi connectivity index (χ3n) is 1.71. The lowest BCUT2D eigenvalue weighted by atomic mass is 10.1. The van der Waals surface area contributed by atoms with Crippen molar-refractivity contribution in [3.05, 3.63) is 29.3 Å². The van der Waals surface area contributed by atoms with Crippen molar-refractivity contribution in [1.29, 1.82) is 5.26 Å². The van der Waals surface area contributed by atoms with Gasteiger partial charge in [0.05, 0.1) is 11.6 Å².